The molecule has 1 fully saturated rings. The molecule has 2 N–H and O–H groups in total. The van der Waals surface area contributed by atoms with Crippen LogP contribution in [0.1, 0.15) is 12.0 Å². The quantitative estimate of drug-likeness (QED) is 0.832. The first-order chi connectivity index (χ1) is 8.66. The van der Waals surface area contributed by atoms with Crippen molar-refractivity contribution in [3.05, 3.63) is 22.4 Å². The molecular formula is C12H15NO4S. The van der Waals surface area contributed by atoms with Crippen LogP contribution in [-0.4, -0.2) is 36.2 Å². The molecule has 1 aromatic heterocycles. The minimum Gasteiger partial charge on any atom is -0.479 e. The number of carbonyl (C=O) groups excluding carboxylic acids is 1. The minimum absolute atomic E-state index is 0.0792. The van der Waals surface area contributed by atoms with E-state index in [-0.39, 0.29) is 11.8 Å². The topological polar surface area (TPSA) is 75.6 Å². The molecule has 1 aliphatic heterocycles. The van der Waals surface area contributed by atoms with E-state index in [0.717, 1.165) is 5.56 Å². The number of carboxylic acid groups (broad SMARTS) is 1. The summed E-state index contributed by atoms with van der Waals surface area (Å²) < 4.78 is 5.12. The SMILES string of the molecule is O=C(Cc1ccsc1)NC[C@H]1CCO[C@H]1C(=O)O. The number of hydrogen-bond donors (Lipinski definition) is 2. The fourth-order valence-corrected chi connectivity index (χ4v) is 2.67. The average Bonchev–Trinajstić information content (AvgIpc) is 2.96. The van der Waals surface area contributed by atoms with Crippen LogP contribution in [0.15, 0.2) is 16.8 Å². The van der Waals surface area contributed by atoms with Crippen molar-refractivity contribution in [1.82, 2.24) is 5.32 Å². The van der Waals surface area contributed by atoms with Gasteiger partial charge in [0.05, 0.1) is 6.42 Å². The van der Waals surface area contributed by atoms with Crippen LogP contribution in [0.4, 0.5) is 0 Å². The van der Waals surface area contributed by atoms with Crippen molar-refractivity contribution in [1.29, 1.82) is 0 Å². The zero-order chi connectivity index (χ0) is 13.0. The van der Waals surface area contributed by atoms with Gasteiger partial charge < -0.3 is 15.2 Å². The van der Waals surface area contributed by atoms with Crippen molar-refractivity contribution in [2.45, 2.75) is 18.9 Å². The summed E-state index contributed by atoms with van der Waals surface area (Å²) in [6.45, 7) is 0.808. The highest BCUT2D eigenvalue weighted by atomic mass is 32.1. The highest BCUT2D eigenvalue weighted by molar-refractivity contribution is 7.07. The van der Waals surface area contributed by atoms with Crippen molar-refractivity contribution in [2.24, 2.45) is 5.92 Å². The average molecular weight is 269 g/mol. The summed E-state index contributed by atoms with van der Waals surface area (Å²) in [5.41, 5.74) is 0.981. The van der Waals surface area contributed by atoms with Gasteiger partial charge in [0.15, 0.2) is 6.10 Å². The predicted octanol–water partition coefficient (Wildman–Crippen LogP) is 0.896. The second-order valence-corrected chi connectivity index (χ2v) is 5.07. The van der Waals surface area contributed by atoms with Gasteiger partial charge in [0.2, 0.25) is 5.91 Å². The first-order valence-corrected chi connectivity index (χ1v) is 6.73. The number of carbonyl (C=O) groups is 2. The lowest BCUT2D eigenvalue weighted by Gasteiger charge is -2.14. The van der Waals surface area contributed by atoms with E-state index in [1.54, 1.807) is 11.3 Å². The molecular weight excluding hydrogens is 254 g/mol. The largest absolute Gasteiger partial charge is 0.479 e. The molecule has 5 nitrogen and oxygen atoms in total. The normalized spacial score (nSPS) is 22.9. The van der Waals surface area contributed by atoms with E-state index < -0.39 is 12.1 Å². The van der Waals surface area contributed by atoms with E-state index in [2.05, 4.69) is 5.32 Å². The third-order valence-corrected chi connectivity index (χ3v) is 3.70. The molecule has 0 bridgehead atoms. The predicted molar refractivity (Wildman–Crippen MR) is 66.5 cm³/mol. The van der Waals surface area contributed by atoms with Crippen molar-refractivity contribution in [2.75, 3.05) is 13.2 Å². The van der Waals surface area contributed by atoms with Crippen molar-refractivity contribution >= 4 is 23.2 Å². The monoisotopic (exact) mass is 269 g/mol. The first-order valence-electron chi connectivity index (χ1n) is 5.79. The number of aliphatic carboxylic acids is 1. The van der Waals surface area contributed by atoms with Crippen LogP contribution in [0.2, 0.25) is 0 Å². The number of carboxylic acids is 1. The Morgan fingerprint density at radius 3 is 3.06 bits per heavy atom. The number of amides is 1. The van der Waals surface area contributed by atoms with Gasteiger partial charge in [-0.2, -0.15) is 11.3 Å². The Balaban J connectivity index is 1.77. The zero-order valence-corrected chi connectivity index (χ0v) is 10.6. The molecule has 2 atom stereocenters. The van der Waals surface area contributed by atoms with Gasteiger partial charge in [0, 0.05) is 19.1 Å². The Morgan fingerprint density at radius 2 is 2.39 bits per heavy atom. The summed E-state index contributed by atoms with van der Waals surface area (Å²) in [5.74, 6) is -1.16. The summed E-state index contributed by atoms with van der Waals surface area (Å²) in [5, 5.41) is 15.5. The Morgan fingerprint density at radius 1 is 1.56 bits per heavy atom. The Labute approximate surface area is 109 Å². The first kappa shape index (κ1) is 13.0. The zero-order valence-electron chi connectivity index (χ0n) is 9.80. The summed E-state index contributed by atoms with van der Waals surface area (Å²) >= 11 is 1.55. The maximum absolute atomic E-state index is 11.6. The van der Waals surface area contributed by atoms with Gasteiger partial charge in [-0.15, -0.1) is 0 Å². The lowest BCUT2D eigenvalue weighted by Crippen LogP contribution is -2.36. The molecule has 0 unspecified atom stereocenters. The summed E-state index contributed by atoms with van der Waals surface area (Å²) in [4.78, 5) is 22.5. The lowest BCUT2D eigenvalue weighted by molar-refractivity contribution is -0.149. The highest BCUT2D eigenvalue weighted by Crippen LogP contribution is 2.20. The molecule has 98 valence electrons. The molecule has 6 heteroatoms. The molecule has 18 heavy (non-hydrogen) atoms. The fourth-order valence-electron chi connectivity index (χ4n) is 2.00. The van der Waals surface area contributed by atoms with Gasteiger partial charge in [-0.25, -0.2) is 4.79 Å². The van der Waals surface area contributed by atoms with Gasteiger partial charge in [0.1, 0.15) is 0 Å². The molecule has 1 aliphatic rings. The van der Waals surface area contributed by atoms with Crippen LogP contribution < -0.4 is 5.32 Å². The lowest BCUT2D eigenvalue weighted by atomic mass is 10.0. The van der Waals surface area contributed by atoms with E-state index in [1.165, 1.54) is 0 Å². The molecule has 0 aromatic carbocycles. The minimum atomic E-state index is -0.954. The van der Waals surface area contributed by atoms with Crippen LogP contribution >= 0.6 is 11.3 Å². The van der Waals surface area contributed by atoms with Crippen LogP contribution in [0, 0.1) is 5.92 Å². The van der Waals surface area contributed by atoms with E-state index in [1.807, 2.05) is 16.8 Å². The Hall–Kier alpha value is -1.40. The molecule has 0 saturated carbocycles. The highest BCUT2D eigenvalue weighted by Gasteiger charge is 2.34. The molecule has 2 heterocycles. The number of hydrogen-bond acceptors (Lipinski definition) is 4. The van der Waals surface area contributed by atoms with E-state index in [9.17, 15) is 9.59 Å². The molecule has 0 spiro atoms. The third kappa shape index (κ3) is 3.30. The van der Waals surface area contributed by atoms with Gasteiger partial charge in [-0.3, -0.25) is 4.79 Å². The second kappa shape index (κ2) is 5.97. The number of nitrogens with one attached hydrogen (secondary N) is 1. The van der Waals surface area contributed by atoms with Crippen LogP contribution in [0.5, 0.6) is 0 Å². The van der Waals surface area contributed by atoms with Crippen molar-refractivity contribution < 1.29 is 19.4 Å². The van der Waals surface area contributed by atoms with Crippen molar-refractivity contribution in [3.63, 3.8) is 0 Å². The maximum Gasteiger partial charge on any atom is 0.333 e. The Kier molecular flexibility index (Phi) is 4.33. The smallest absolute Gasteiger partial charge is 0.333 e. The fraction of sp³-hybridized carbons (Fsp3) is 0.500. The van der Waals surface area contributed by atoms with Crippen LogP contribution in [0.25, 0.3) is 0 Å². The number of rotatable bonds is 5. The van der Waals surface area contributed by atoms with Gasteiger partial charge >= 0.3 is 5.97 Å². The van der Waals surface area contributed by atoms with Crippen LogP contribution in [-0.2, 0) is 20.7 Å². The van der Waals surface area contributed by atoms with Gasteiger partial charge in [0.25, 0.3) is 0 Å². The maximum atomic E-state index is 11.6. The second-order valence-electron chi connectivity index (χ2n) is 4.29. The van der Waals surface area contributed by atoms with Gasteiger partial charge in [-0.05, 0) is 28.8 Å². The third-order valence-electron chi connectivity index (χ3n) is 2.96. The molecule has 1 saturated heterocycles. The van der Waals surface area contributed by atoms with Crippen LogP contribution in [0.3, 0.4) is 0 Å². The van der Waals surface area contributed by atoms with E-state index >= 15 is 0 Å². The summed E-state index contributed by atoms with van der Waals surface area (Å²) in [7, 11) is 0. The van der Waals surface area contributed by atoms with E-state index in [0.29, 0.717) is 26.0 Å². The van der Waals surface area contributed by atoms with Crippen molar-refractivity contribution in [3.8, 4) is 0 Å². The molecule has 2 rings (SSSR count). The summed E-state index contributed by atoms with van der Waals surface area (Å²) in [6.07, 6.45) is 0.233. The molecule has 0 radical (unpaired) electrons. The standard InChI is InChI=1S/C12H15NO4S/c14-10(5-8-2-4-18-7-8)13-6-9-1-3-17-11(9)12(15)16/h2,4,7,9,11H,1,3,5-6H2,(H,13,14)(H,15,16)/t9-,11-/m1/s1. The molecule has 1 amide bonds. The number of thiophene rings is 1. The molecule has 0 aliphatic carbocycles. The van der Waals surface area contributed by atoms with E-state index in [4.69, 9.17) is 9.84 Å². The Bertz CT molecular complexity index is 418. The number of ether oxygens (including phenoxy) is 1. The van der Waals surface area contributed by atoms with Gasteiger partial charge in [-0.1, -0.05) is 0 Å². The summed E-state index contributed by atoms with van der Waals surface area (Å²) in [6, 6.07) is 1.91. The molecule has 1 aromatic rings.